The molecule has 124 valence electrons. The third-order valence-electron chi connectivity index (χ3n) is 3.04. The molecule has 0 unspecified atom stereocenters. The summed E-state index contributed by atoms with van der Waals surface area (Å²) in [5.74, 6) is 1.15. The van der Waals surface area contributed by atoms with Gasteiger partial charge in [-0.15, -0.1) is 11.3 Å². The molecule has 0 radical (unpaired) electrons. The Kier molecular flexibility index (Phi) is 6.61. The van der Waals surface area contributed by atoms with Crippen LogP contribution >= 0.6 is 11.3 Å². The van der Waals surface area contributed by atoms with Gasteiger partial charge in [0.25, 0.3) is 0 Å². The van der Waals surface area contributed by atoms with Gasteiger partial charge in [-0.1, -0.05) is 6.92 Å². The zero-order chi connectivity index (χ0) is 16.5. The zero-order valence-corrected chi connectivity index (χ0v) is 14.1. The van der Waals surface area contributed by atoms with Crippen molar-refractivity contribution in [3.8, 4) is 0 Å². The number of nitrogens with one attached hydrogen (secondary N) is 3. The molecule has 2 aromatic heterocycles. The number of carbonyl (C=O) groups excluding carboxylic acids is 1. The Morgan fingerprint density at radius 3 is 2.87 bits per heavy atom. The van der Waals surface area contributed by atoms with Crippen molar-refractivity contribution in [1.82, 2.24) is 20.9 Å². The van der Waals surface area contributed by atoms with Crippen molar-refractivity contribution in [2.45, 2.75) is 26.4 Å². The molecule has 0 atom stereocenters. The molecular formula is C15H21N5O2S. The minimum absolute atomic E-state index is 0.133. The van der Waals surface area contributed by atoms with Crippen molar-refractivity contribution in [3.05, 3.63) is 40.2 Å². The first-order valence-corrected chi connectivity index (χ1v) is 8.20. The van der Waals surface area contributed by atoms with E-state index in [-0.39, 0.29) is 12.5 Å². The van der Waals surface area contributed by atoms with E-state index in [2.05, 4.69) is 32.9 Å². The maximum atomic E-state index is 11.8. The van der Waals surface area contributed by atoms with Crippen LogP contribution in [0.2, 0.25) is 0 Å². The standard InChI is InChI=1S/C15H21N5O2S/c1-3-12-8-18-14(23-12)10-20-15(16-2)19-9-13(21)17-7-11-5-4-6-22-11/h4-6,8H,3,7,9-10H2,1-2H3,(H,17,21)(H2,16,19,20). The average Bonchev–Trinajstić information content (AvgIpc) is 3.24. The van der Waals surface area contributed by atoms with Crippen molar-refractivity contribution in [2.24, 2.45) is 4.99 Å². The van der Waals surface area contributed by atoms with E-state index in [9.17, 15) is 4.79 Å². The zero-order valence-electron chi connectivity index (χ0n) is 13.3. The Labute approximate surface area is 139 Å². The first-order valence-electron chi connectivity index (χ1n) is 7.38. The van der Waals surface area contributed by atoms with E-state index in [1.807, 2.05) is 12.3 Å². The molecule has 0 spiro atoms. The summed E-state index contributed by atoms with van der Waals surface area (Å²) in [7, 11) is 1.66. The highest BCUT2D eigenvalue weighted by Crippen LogP contribution is 2.12. The number of nitrogens with zero attached hydrogens (tertiary/aromatic N) is 2. The molecular weight excluding hydrogens is 314 g/mol. The van der Waals surface area contributed by atoms with E-state index < -0.39 is 0 Å². The number of furan rings is 1. The van der Waals surface area contributed by atoms with Crippen LogP contribution in [-0.2, 0) is 24.3 Å². The number of hydrogen-bond donors (Lipinski definition) is 3. The van der Waals surface area contributed by atoms with E-state index in [0.29, 0.717) is 19.0 Å². The minimum Gasteiger partial charge on any atom is -0.467 e. The molecule has 7 nitrogen and oxygen atoms in total. The Morgan fingerprint density at radius 1 is 1.35 bits per heavy atom. The summed E-state index contributed by atoms with van der Waals surface area (Å²) in [6, 6.07) is 3.60. The quantitative estimate of drug-likeness (QED) is 0.524. The lowest BCUT2D eigenvalue weighted by atomic mass is 10.4. The molecule has 0 aliphatic heterocycles. The van der Waals surface area contributed by atoms with Gasteiger partial charge in [0.15, 0.2) is 5.96 Å². The van der Waals surface area contributed by atoms with Gasteiger partial charge >= 0.3 is 0 Å². The molecule has 2 aromatic rings. The molecule has 0 aliphatic rings. The van der Waals surface area contributed by atoms with Gasteiger partial charge in [0.05, 0.1) is 25.9 Å². The van der Waals surface area contributed by atoms with Gasteiger partial charge in [0.2, 0.25) is 5.91 Å². The van der Waals surface area contributed by atoms with Gasteiger partial charge in [-0.2, -0.15) is 0 Å². The fraction of sp³-hybridized carbons (Fsp3) is 0.400. The van der Waals surface area contributed by atoms with Crippen LogP contribution in [0, 0.1) is 0 Å². The van der Waals surface area contributed by atoms with Crippen LogP contribution in [0.1, 0.15) is 22.6 Å². The van der Waals surface area contributed by atoms with Crippen molar-refractivity contribution in [2.75, 3.05) is 13.6 Å². The van der Waals surface area contributed by atoms with E-state index in [1.54, 1.807) is 30.7 Å². The van der Waals surface area contributed by atoms with Gasteiger partial charge < -0.3 is 20.4 Å². The SMILES string of the molecule is CCc1cnc(CNC(=NC)NCC(=O)NCc2ccco2)s1. The summed E-state index contributed by atoms with van der Waals surface area (Å²) in [5.41, 5.74) is 0. The van der Waals surface area contributed by atoms with Gasteiger partial charge in [0, 0.05) is 18.1 Å². The van der Waals surface area contributed by atoms with Crippen molar-refractivity contribution in [1.29, 1.82) is 0 Å². The molecule has 1 amide bonds. The molecule has 3 N–H and O–H groups in total. The predicted octanol–water partition coefficient (Wildman–Crippen LogP) is 1.28. The van der Waals surface area contributed by atoms with Crippen LogP contribution in [0.15, 0.2) is 34.0 Å². The van der Waals surface area contributed by atoms with Crippen LogP contribution in [0.5, 0.6) is 0 Å². The molecule has 0 fully saturated rings. The summed E-state index contributed by atoms with van der Waals surface area (Å²) in [5, 5.41) is 9.85. The largest absolute Gasteiger partial charge is 0.467 e. The lowest BCUT2D eigenvalue weighted by Gasteiger charge is -2.10. The lowest BCUT2D eigenvalue weighted by Crippen LogP contribution is -2.42. The van der Waals surface area contributed by atoms with E-state index >= 15 is 0 Å². The summed E-state index contributed by atoms with van der Waals surface area (Å²) < 4.78 is 5.15. The summed E-state index contributed by atoms with van der Waals surface area (Å²) >= 11 is 1.67. The fourth-order valence-corrected chi connectivity index (χ4v) is 2.60. The van der Waals surface area contributed by atoms with Crippen LogP contribution in [0.4, 0.5) is 0 Å². The highest BCUT2D eigenvalue weighted by atomic mass is 32.1. The predicted molar refractivity (Wildman–Crippen MR) is 90.2 cm³/mol. The molecule has 23 heavy (non-hydrogen) atoms. The molecule has 0 aliphatic carbocycles. The topological polar surface area (TPSA) is 91.5 Å². The average molecular weight is 335 g/mol. The Hall–Kier alpha value is -2.35. The maximum Gasteiger partial charge on any atom is 0.239 e. The van der Waals surface area contributed by atoms with Crippen molar-refractivity contribution in [3.63, 3.8) is 0 Å². The number of rotatable bonds is 7. The first-order chi connectivity index (χ1) is 11.2. The highest BCUT2D eigenvalue weighted by Gasteiger charge is 2.06. The monoisotopic (exact) mass is 335 g/mol. The number of thiazole rings is 1. The third kappa shape index (κ3) is 5.74. The third-order valence-corrected chi connectivity index (χ3v) is 4.18. The number of aryl methyl sites for hydroxylation is 1. The number of guanidine groups is 1. The van der Waals surface area contributed by atoms with Gasteiger partial charge in [0.1, 0.15) is 10.8 Å². The summed E-state index contributed by atoms with van der Waals surface area (Å²) in [6.45, 7) is 3.20. The lowest BCUT2D eigenvalue weighted by molar-refractivity contribution is -0.120. The Morgan fingerprint density at radius 2 is 2.22 bits per heavy atom. The number of hydrogen-bond acceptors (Lipinski definition) is 5. The normalized spacial score (nSPS) is 11.3. The van der Waals surface area contributed by atoms with Gasteiger partial charge in [-0.05, 0) is 18.6 Å². The molecule has 2 heterocycles. The molecule has 8 heteroatoms. The second-order valence-corrected chi connectivity index (χ2v) is 5.91. The summed E-state index contributed by atoms with van der Waals surface area (Å²) in [4.78, 5) is 21.4. The number of amides is 1. The first kappa shape index (κ1) is 17.0. The Balaban J connectivity index is 1.68. The van der Waals surface area contributed by atoms with Crippen molar-refractivity contribution < 1.29 is 9.21 Å². The van der Waals surface area contributed by atoms with Crippen LogP contribution in [0.25, 0.3) is 0 Å². The molecule has 2 rings (SSSR count). The molecule has 0 bridgehead atoms. The second kappa shape index (κ2) is 8.94. The van der Waals surface area contributed by atoms with Gasteiger partial charge in [-0.25, -0.2) is 4.98 Å². The van der Waals surface area contributed by atoms with Crippen molar-refractivity contribution >= 4 is 23.2 Å². The van der Waals surface area contributed by atoms with Gasteiger partial charge in [-0.3, -0.25) is 9.79 Å². The maximum absolute atomic E-state index is 11.8. The number of aromatic nitrogens is 1. The Bertz CT molecular complexity index is 636. The second-order valence-electron chi connectivity index (χ2n) is 4.71. The number of carbonyl (C=O) groups is 1. The van der Waals surface area contributed by atoms with Crippen LogP contribution in [0.3, 0.4) is 0 Å². The molecule has 0 saturated heterocycles. The molecule has 0 saturated carbocycles. The van der Waals surface area contributed by atoms with Crippen LogP contribution < -0.4 is 16.0 Å². The smallest absolute Gasteiger partial charge is 0.239 e. The molecule has 0 aromatic carbocycles. The number of aliphatic imine (C=N–C) groups is 1. The summed E-state index contributed by atoms with van der Waals surface area (Å²) in [6.07, 6.45) is 4.45. The minimum atomic E-state index is -0.133. The fourth-order valence-electron chi connectivity index (χ4n) is 1.80. The van der Waals surface area contributed by atoms with E-state index in [0.717, 1.165) is 17.2 Å². The van der Waals surface area contributed by atoms with E-state index in [4.69, 9.17) is 4.42 Å². The van der Waals surface area contributed by atoms with Crippen LogP contribution in [-0.4, -0.2) is 30.4 Å². The highest BCUT2D eigenvalue weighted by molar-refractivity contribution is 7.11. The van der Waals surface area contributed by atoms with E-state index in [1.165, 1.54) is 4.88 Å².